The topological polar surface area (TPSA) is 68.3 Å². The maximum Gasteiger partial charge on any atom is 0.231 e. The van der Waals surface area contributed by atoms with Gasteiger partial charge in [-0.3, -0.25) is 0 Å². The summed E-state index contributed by atoms with van der Waals surface area (Å²) in [5.74, 6) is 2.64. The van der Waals surface area contributed by atoms with E-state index in [0.717, 1.165) is 17.1 Å². The molecular weight excluding hydrogens is 375 g/mol. The number of benzene rings is 2. The molecule has 4 rings (SSSR count). The van der Waals surface area contributed by atoms with Crippen LogP contribution in [-0.2, 0) is 6.54 Å². The second-order valence-corrected chi connectivity index (χ2v) is 6.40. The molecule has 0 saturated heterocycles. The van der Waals surface area contributed by atoms with Crippen molar-refractivity contribution in [3.05, 3.63) is 64.3 Å². The smallest absolute Gasteiger partial charge is 0.231 e. The molecule has 6 nitrogen and oxygen atoms in total. The predicted molar refractivity (Wildman–Crippen MR) is 102 cm³/mol. The highest BCUT2D eigenvalue weighted by atomic mass is 35.5. The van der Waals surface area contributed by atoms with Gasteiger partial charge in [0.15, 0.2) is 11.5 Å². The van der Waals surface area contributed by atoms with Gasteiger partial charge in [0.25, 0.3) is 0 Å². The van der Waals surface area contributed by atoms with Crippen molar-refractivity contribution in [2.24, 2.45) is 0 Å². The van der Waals surface area contributed by atoms with Crippen LogP contribution in [-0.4, -0.2) is 16.8 Å². The molecule has 8 heteroatoms. The first kappa shape index (κ1) is 16.8. The summed E-state index contributed by atoms with van der Waals surface area (Å²) in [5, 5.41) is 7.41. The molecule has 2 N–H and O–H groups in total. The van der Waals surface area contributed by atoms with E-state index < -0.39 is 0 Å². The Morgan fingerprint density at radius 2 is 1.88 bits per heavy atom. The van der Waals surface area contributed by atoms with Crippen molar-refractivity contribution in [1.29, 1.82) is 0 Å². The van der Waals surface area contributed by atoms with Gasteiger partial charge in [-0.05, 0) is 42.0 Å². The predicted octanol–water partition coefficient (Wildman–Crippen LogP) is 4.87. The lowest BCUT2D eigenvalue weighted by molar-refractivity contribution is 0.174. The Bertz CT molecular complexity index is 952. The molecule has 0 amide bonds. The van der Waals surface area contributed by atoms with Crippen molar-refractivity contribution in [1.82, 2.24) is 9.97 Å². The number of hydrogen-bond acceptors (Lipinski definition) is 6. The van der Waals surface area contributed by atoms with Gasteiger partial charge in [0.05, 0.1) is 10.7 Å². The first-order chi connectivity index (χ1) is 12.7. The molecule has 0 saturated carbocycles. The summed E-state index contributed by atoms with van der Waals surface area (Å²) in [6.45, 7) is 0.856. The lowest BCUT2D eigenvalue weighted by atomic mass is 10.2. The van der Waals surface area contributed by atoms with Gasteiger partial charge in [0, 0.05) is 17.8 Å². The van der Waals surface area contributed by atoms with Gasteiger partial charge in [0.2, 0.25) is 12.7 Å². The monoisotopic (exact) mass is 388 g/mol. The average molecular weight is 389 g/mol. The zero-order valence-corrected chi connectivity index (χ0v) is 15.0. The summed E-state index contributed by atoms with van der Waals surface area (Å²) in [7, 11) is 0. The quantitative estimate of drug-likeness (QED) is 0.649. The van der Waals surface area contributed by atoms with Crippen LogP contribution in [0.2, 0.25) is 10.0 Å². The highest BCUT2D eigenvalue weighted by Gasteiger charge is 2.13. The average Bonchev–Trinajstić information content (AvgIpc) is 3.10. The molecule has 2 heterocycles. The van der Waals surface area contributed by atoms with Crippen molar-refractivity contribution < 1.29 is 9.47 Å². The van der Waals surface area contributed by atoms with Crippen LogP contribution in [0.1, 0.15) is 5.56 Å². The third kappa shape index (κ3) is 3.76. The molecule has 0 bridgehead atoms. The van der Waals surface area contributed by atoms with Crippen molar-refractivity contribution in [2.75, 3.05) is 17.4 Å². The summed E-state index contributed by atoms with van der Waals surface area (Å²) < 4.78 is 10.7. The number of nitrogens with one attached hydrogen (secondary N) is 2. The minimum absolute atomic E-state index is 0.264. The molecule has 0 atom stereocenters. The number of ether oxygens (including phenoxy) is 2. The molecular formula is C18H14Cl2N4O2. The van der Waals surface area contributed by atoms with E-state index in [1.54, 1.807) is 30.5 Å². The molecule has 3 aromatic rings. The van der Waals surface area contributed by atoms with Crippen LogP contribution in [0.25, 0.3) is 0 Å². The molecule has 0 fully saturated rings. The fourth-order valence-corrected chi connectivity index (χ4v) is 2.93. The molecule has 0 unspecified atom stereocenters. The van der Waals surface area contributed by atoms with Gasteiger partial charge in [-0.1, -0.05) is 29.3 Å². The number of halogens is 2. The lowest BCUT2D eigenvalue weighted by Gasteiger charge is -2.10. The first-order valence-corrected chi connectivity index (χ1v) is 8.60. The third-order valence-electron chi connectivity index (χ3n) is 3.74. The molecule has 0 spiro atoms. The van der Waals surface area contributed by atoms with E-state index in [1.807, 2.05) is 18.2 Å². The fourth-order valence-electron chi connectivity index (χ4n) is 2.47. The minimum atomic E-state index is 0.264. The molecule has 0 aliphatic carbocycles. The van der Waals surface area contributed by atoms with Gasteiger partial charge in [0.1, 0.15) is 5.82 Å². The normalized spacial score (nSPS) is 12.1. The van der Waals surface area contributed by atoms with Gasteiger partial charge in [-0.15, -0.1) is 0 Å². The Balaban J connectivity index is 1.44. The van der Waals surface area contributed by atoms with E-state index >= 15 is 0 Å². The van der Waals surface area contributed by atoms with Gasteiger partial charge in [-0.2, -0.15) is 4.98 Å². The Morgan fingerprint density at radius 3 is 2.77 bits per heavy atom. The second-order valence-electron chi connectivity index (χ2n) is 5.56. The van der Waals surface area contributed by atoms with Crippen molar-refractivity contribution in [2.45, 2.75) is 6.54 Å². The van der Waals surface area contributed by atoms with Crippen molar-refractivity contribution >= 4 is 40.7 Å². The van der Waals surface area contributed by atoms with Crippen LogP contribution in [0.5, 0.6) is 11.5 Å². The molecule has 132 valence electrons. The summed E-state index contributed by atoms with van der Waals surface area (Å²) in [5.41, 5.74) is 1.74. The highest BCUT2D eigenvalue weighted by molar-refractivity contribution is 6.36. The summed E-state index contributed by atoms with van der Waals surface area (Å²) in [6.07, 6.45) is 1.67. The SMILES string of the molecule is Clc1ccc(Nc2nccc(NCc3ccc4c(c3)OCO4)n2)c(Cl)c1. The molecule has 1 aromatic heterocycles. The van der Waals surface area contributed by atoms with Crippen molar-refractivity contribution in [3.8, 4) is 11.5 Å². The lowest BCUT2D eigenvalue weighted by Crippen LogP contribution is -2.04. The molecule has 0 radical (unpaired) electrons. The Hall–Kier alpha value is -2.70. The largest absolute Gasteiger partial charge is 0.454 e. The number of fused-ring (bicyclic) bond motifs is 1. The van der Waals surface area contributed by atoms with Crippen LogP contribution in [0.15, 0.2) is 48.7 Å². The van der Waals surface area contributed by atoms with Crippen molar-refractivity contribution in [3.63, 3.8) is 0 Å². The number of rotatable bonds is 5. The van der Waals surface area contributed by atoms with E-state index in [9.17, 15) is 0 Å². The minimum Gasteiger partial charge on any atom is -0.454 e. The highest BCUT2D eigenvalue weighted by Crippen LogP contribution is 2.32. The standard InChI is InChI=1S/C18H14Cl2N4O2/c19-12-2-3-14(13(20)8-12)23-18-21-6-5-17(24-18)22-9-11-1-4-15-16(7-11)26-10-25-15/h1-8H,9-10H2,(H2,21,22,23,24). The molecule has 1 aliphatic rings. The van der Waals surface area contributed by atoms with Gasteiger partial charge < -0.3 is 20.1 Å². The molecule has 2 aromatic carbocycles. The second kappa shape index (κ2) is 7.27. The summed E-state index contributed by atoms with van der Waals surface area (Å²) in [6, 6.07) is 12.8. The van der Waals surface area contributed by atoms with Gasteiger partial charge >= 0.3 is 0 Å². The van der Waals surface area contributed by atoms with E-state index in [1.165, 1.54) is 0 Å². The maximum absolute atomic E-state index is 6.17. The Kier molecular flexibility index (Phi) is 4.69. The number of hydrogen-bond donors (Lipinski definition) is 2. The van der Waals surface area contributed by atoms with Crippen LogP contribution < -0.4 is 20.1 Å². The van der Waals surface area contributed by atoms with Crippen LogP contribution in [0.4, 0.5) is 17.5 Å². The van der Waals surface area contributed by atoms with Gasteiger partial charge in [-0.25, -0.2) is 4.98 Å². The van der Waals surface area contributed by atoms with Crippen LogP contribution >= 0.6 is 23.2 Å². The number of nitrogens with zero attached hydrogens (tertiary/aromatic N) is 2. The Morgan fingerprint density at radius 1 is 1.00 bits per heavy atom. The maximum atomic E-state index is 6.17. The summed E-state index contributed by atoms with van der Waals surface area (Å²) in [4.78, 5) is 8.65. The zero-order chi connectivity index (χ0) is 17.9. The first-order valence-electron chi connectivity index (χ1n) is 7.85. The molecule has 26 heavy (non-hydrogen) atoms. The zero-order valence-electron chi connectivity index (χ0n) is 13.5. The number of aromatic nitrogens is 2. The van der Waals surface area contributed by atoms with E-state index in [4.69, 9.17) is 32.7 Å². The summed E-state index contributed by atoms with van der Waals surface area (Å²) >= 11 is 12.1. The number of anilines is 3. The Labute approximate surface area is 160 Å². The molecule has 1 aliphatic heterocycles. The van der Waals surface area contributed by atoms with E-state index in [2.05, 4.69) is 20.6 Å². The van der Waals surface area contributed by atoms with Crippen LogP contribution in [0, 0.1) is 0 Å². The fraction of sp³-hybridized carbons (Fsp3) is 0.111. The van der Waals surface area contributed by atoms with E-state index in [-0.39, 0.29) is 6.79 Å². The van der Waals surface area contributed by atoms with E-state index in [0.29, 0.717) is 34.0 Å². The van der Waals surface area contributed by atoms with Crippen LogP contribution in [0.3, 0.4) is 0 Å². The third-order valence-corrected chi connectivity index (χ3v) is 4.29.